The monoisotopic (exact) mass is 265 g/mol. The summed E-state index contributed by atoms with van der Waals surface area (Å²) in [6, 6.07) is 1.59. The second kappa shape index (κ2) is 6.06. The number of nitrogens with one attached hydrogen (secondary N) is 1. The van der Waals surface area contributed by atoms with Crippen LogP contribution in [0.5, 0.6) is 0 Å². The zero-order valence-corrected chi connectivity index (χ0v) is 11.7. The van der Waals surface area contributed by atoms with Crippen molar-refractivity contribution in [3.8, 4) is 0 Å². The summed E-state index contributed by atoms with van der Waals surface area (Å²) in [6.07, 6.45) is 1.21. The molecule has 1 amide bonds. The number of piperazine rings is 1. The van der Waals surface area contributed by atoms with Gasteiger partial charge in [-0.05, 0) is 18.9 Å². The van der Waals surface area contributed by atoms with Crippen LogP contribution in [0.15, 0.2) is 6.07 Å². The molecule has 6 nitrogen and oxygen atoms in total. The molecule has 0 aromatic carbocycles. The molecule has 0 unspecified atom stereocenters. The van der Waals surface area contributed by atoms with Gasteiger partial charge in [0.25, 0.3) is 5.91 Å². The van der Waals surface area contributed by atoms with Crippen LogP contribution in [0.1, 0.15) is 30.8 Å². The van der Waals surface area contributed by atoms with Crippen LogP contribution in [-0.2, 0) is 0 Å². The van der Waals surface area contributed by atoms with Gasteiger partial charge in [-0.2, -0.15) is 5.10 Å². The number of anilines is 1. The Balaban J connectivity index is 1.81. The highest BCUT2D eigenvalue weighted by atomic mass is 16.2. The maximum Gasteiger partial charge on any atom is 0.272 e. The standard InChI is InChI=1S/C13H23N5O/c1-10(2)3-4-17-5-7-18(8-6-17)13(19)11-9-12(14)16-15-11/h9-10H,3-8H2,1-2H3,(H3,14,15,16). The summed E-state index contributed by atoms with van der Waals surface area (Å²) in [5, 5.41) is 6.47. The van der Waals surface area contributed by atoms with Crippen LogP contribution in [0.2, 0.25) is 0 Å². The molecular formula is C13H23N5O. The van der Waals surface area contributed by atoms with Crippen molar-refractivity contribution >= 4 is 11.7 Å². The lowest BCUT2D eigenvalue weighted by molar-refractivity contribution is 0.0626. The van der Waals surface area contributed by atoms with Crippen LogP contribution in [0.3, 0.4) is 0 Å². The number of nitrogens with two attached hydrogens (primary N) is 1. The minimum Gasteiger partial charge on any atom is -0.382 e. The fraction of sp³-hybridized carbons (Fsp3) is 0.692. The van der Waals surface area contributed by atoms with E-state index in [1.54, 1.807) is 6.07 Å². The summed E-state index contributed by atoms with van der Waals surface area (Å²) in [6.45, 7) is 9.04. The van der Waals surface area contributed by atoms with Crippen LogP contribution in [0.25, 0.3) is 0 Å². The molecule has 0 saturated carbocycles. The molecule has 0 radical (unpaired) electrons. The number of amides is 1. The van der Waals surface area contributed by atoms with Gasteiger partial charge in [-0.15, -0.1) is 0 Å². The molecule has 19 heavy (non-hydrogen) atoms. The molecule has 0 spiro atoms. The smallest absolute Gasteiger partial charge is 0.272 e. The Morgan fingerprint density at radius 1 is 1.42 bits per heavy atom. The van der Waals surface area contributed by atoms with Gasteiger partial charge in [0.05, 0.1) is 0 Å². The number of H-pyrrole nitrogens is 1. The molecule has 3 N–H and O–H groups in total. The number of hydrogen-bond donors (Lipinski definition) is 2. The molecule has 0 aliphatic carbocycles. The topological polar surface area (TPSA) is 78.2 Å². The normalized spacial score (nSPS) is 17.1. The van der Waals surface area contributed by atoms with E-state index >= 15 is 0 Å². The lowest BCUT2D eigenvalue weighted by Crippen LogP contribution is -2.49. The van der Waals surface area contributed by atoms with Crippen molar-refractivity contribution < 1.29 is 4.79 Å². The van der Waals surface area contributed by atoms with Crippen LogP contribution < -0.4 is 5.73 Å². The third-order valence-corrected chi connectivity index (χ3v) is 3.51. The molecule has 1 aliphatic rings. The number of aromatic amines is 1. The van der Waals surface area contributed by atoms with Crippen molar-refractivity contribution in [1.29, 1.82) is 0 Å². The number of carbonyl (C=O) groups is 1. The van der Waals surface area contributed by atoms with E-state index in [-0.39, 0.29) is 5.91 Å². The maximum absolute atomic E-state index is 12.2. The SMILES string of the molecule is CC(C)CCN1CCN(C(=O)c2cc(N)n[nH]2)CC1. The number of rotatable bonds is 4. The third-order valence-electron chi connectivity index (χ3n) is 3.51. The first kappa shape index (κ1) is 13.9. The molecule has 106 valence electrons. The van der Waals surface area contributed by atoms with Crippen LogP contribution >= 0.6 is 0 Å². The fourth-order valence-electron chi connectivity index (χ4n) is 2.23. The van der Waals surface area contributed by atoms with Crippen LogP contribution in [-0.4, -0.2) is 58.6 Å². The van der Waals surface area contributed by atoms with E-state index < -0.39 is 0 Å². The molecular weight excluding hydrogens is 242 g/mol. The number of nitrogens with zero attached hydrogens (tertiary/aromatic N) is 3. The maximum atomic E-state index is 12.2. The first-order valence-electron chi connectivity index (χ1n) is 6.89. The third kappa shape index (κ3) is 3.70. The molecule has 1 aliphatic heterocycles. The largest absolute Gasteiger partial charge is 0.382 e. The highest BCUT2D eigenvalue weighted by Crippen LogP contribution is 2.10. The molecule has 1 aromatic rings. The molecule has 1 saturated heterocycles. The van der Waals surface area contributed by atoms with Gasteiger partial charge in [0.1, 0.15) is 11.5 Å². The zero-order valence-electron chi connectivity index (χ0n) is 11.7. The van der Waals surface area contributed by atoms with E-state index in [0.29, 0.717) is 11.5 Å². The molecule has 0 bridgehead atoms. The zero-order chi connectivity index (χ0) is 13.8. The summed E-state index contributed by atoms with van der Waals surface area (Å²) in [4.78, 5) is 16.4. The molecule has 1 fully saturated rings. The average Bonchev–Trinajstić information content (AvgIpc) is 2.83. The average molecular weight is 265 g/mol. The van der Waals surface area contributed by atoms with Crippen LogP contribution in [0.4, 0.5) is 5.82 Å². The second-order valence-electron chi connectivity index (χ2n) is 5.52. The lowest BCUT2D eigenvalue weighted by Gasteiger charge is -2.34. The van der Waals surface area contributed by atoms with E-state index in [2.05, 4.69) is 28.9 Å². The molecule has 6 heteroatoms. The Morgan fingerprint density at radius 2 is 2.11 bits per heavy atom. The molecule has 2 heterocycles. The number of nitrogen functional groups attached to an aromatic ring is 1. The fourth-order valence-corrected chi connectivity index (χ4v) is 2.23. The Bertz CT molecular complexity index is 420. The lowest BCUT2D eigenvalue weighted by atomic mass is 10.1. The molecule has 1 aromatic heterocycles. The van der Waals surface area contributed by atoms with E-state index in [0.717, 1.165) is 38.6 Å². The minimum absolute atomic E-state index is 0.00675. The van der Waals surface area contributed by atoms with E-state index in [4.69, 9.17) is 5.73 Å². The van der Waals surface area contributed by atoms with Gasteiger partial charge in [-0.3, -0.25) is 14.8 Å². The number of hydrogen-bond acceptors (Lipinski definition) is 4. The van der Waals surface area contributed by atoms with Gasteiger partial charge in [0, 0.05) is 32.2 Å². The molecule has 2 rings (SSSR count). The Kier molecular flexibility index (Phi) is 4.42. The molecule has 0 atom stereocenters. The minimum atomic E-state index is -0.00675. The van der Waals surface area contributed by atoms with Gasteiger partial charge < -0.3 is 10.6 Å². The summed E-state index contributed by atoms with van der Waals surface area (Å²) in [5.74, 6) is 1.08. The van der Waals surface area contributed by atoms with Crippen molar-refractivity contribution in [3.05, 3.63) is 11.8 Å². The Hall–Kier alpha value is -1.56. The summed E-state index contributed by atoms with van der Waals surface area (Å²) in [5.41, 5.74) is 5.99. The van der Waals surface area contributed by atoms with Gasteiger partial charge in [-0.1, -0.05) is 13.8 Å². The summed E-state index contributed by atoms with van der Waals surface area (Å²) < 4.78 is 0. The van der Waals surface area contributed by atoms with Crippen molar-refractivity contribution in [1.82, 2.24) is 20.0 Å². The van der Waals surface area contributed by atoms with Gasteiger partial charge in [0.15, 0.2) is 0 Å². The van der Waals surface area contributed by atoms with Crippen molar-refractivity contribution in [2.45, 2.75) is 20.3 Å². The first-order valence-corrected chi connectivity index (χ1v) is 6.89. The van der Waals surface area contributed by atoms with Gasteiger partial charge >= 0.3 is 0 Å². The predicted molar refractivity (Wildman–Crippen MR) is 74.8 cm³/mol. The van der Waals surface area contributed by atoms with E-state index in [1.165, 1.54) is 6.42 Å². The van der Waals surface area contributed by atoms with Crippen LogP contribution in [0, 0.1) is 5.92 Å². The first-order chi connectivity index (χ1) is 9.06. The van der Waals surface area contributed by atoms with E-state index in [1.807, 2.05) is 4.90 Å². The highest BCUT2D eigenvalue weighted by Gasteiger charge is 2.23. The Morgan fingerprint density at radius 3 is 2.63 bits per heavy atom. The second-order valence-corrected chi connectivity index (χ2v) is 5.52. The summed E-state index contributed by atoms with van der Waals surface area (Å²) in [7, 11) is 0. The van der Waals surface area contributed by atoms with E-state index in [9.17, 15) is 4.79 Å². The number of carbonyl (C=O) groups excluding carboxylic acids is 1. The summed E-state index contributed by atoms with van der Waals surface area (Å²) >= 11 is 0. The quantitative estimate of drug-likeness (QED) is 0.844. The van der Waals surface area contributed by atoms with Crippen molar-refractivity contribution in [2.24, 2.45) is 5.92 Å². The van der Waals surface area contributed by atoms with Crippen molar-refractivity contribution in [2.75, 3.05) is 38.5 Å². The van der Waals surface area contributed by atoms with Gasteiger partial charge in [-0.25, -0.2) is 0 Å². The van der Waals surface area contributed by atoms with Gasteiger partial charge in [0.2, 0.25) is 0 Å². The predicted octanol–water partition coefficient (Wildman–Crippen LogP) is 0.796. The highest BCUT2D eigenvalue weighted by molar-refractivity contribution is 5.93. The number of aromatic nitrogens is 2. The Labute approximate surface area is 113 Å². The van der Waals surface area contributed by atoms with Crippen molar-refractivity contribution in [3.63, 3.8) is 0 Å².